The third kappa shape index (κ3) is 3.96. The minimum absolute atomic E-state index is 0.243. The van der Waals surface area contributed by atoms with Gasteiger partial charge in [-0.1, -0.05) is 48.0 Å². The molecule has 0 saturated carbocycles. The molecule has 1 aliphatic heterocycles. The fraction of sp³-hybridized carbons (Fsp3) is 0.182. The predicted octanol–water partition coefficient (Wildman–Crippen LogP) is 5.22. The van der Waals surface area contributed by atoms with E-state index in [4.69, 9.17) is 23.8 Å². The molecule has 142 valence electrons. The van der Waals surface area contributed by atoms with Gasteiger partial charge in [-0.2, -0.15) is 0 Å². The van der Waals surface area contributed by atoms with Crippen molar-refractivity contribution in [3.05, 3.63) is 71.2 Å². The van der Waals surface area contributed by atoms with Gasteiger partial charge in [-0.05, 0) is 60.1 Å². The number of benzene rings is 3. The summed E-state index contributed by atoms with van der Waals surface area (Å²) in [5, 5.41) is 8.94. The summed E-state index contributed by atoms with van der Waals surface area (Å²) in [5.41, 5.74) is 2.30. The van der Waals surface area contributed by atoms with E-state index in [1.807, 2.05) is 54.6 Å². The van der Waals surface area contributed by atoms with E-state index in [9.17, 15) is 4.79 Å². The Balaban J connectivity index is 1.49. The Bertz CT molecular complexity index is 1050. The molecule has 0 bridgehead atoms. The molecule has 0 atom stereocenters. The average Bonchev–Trinajstić information content (AvgIpc) is 3.22. The molecular weight excluding hydrogens is 390 g/mol. The normalized spacial score (nSPS) is 13.5. The van der Waals surface area contributed by atoms with E-state index in [-0.39, 0.29) is 11.0 Å². The second kappa shape index (κ2) is 8.17. The lowest BCUT2D eigenvalue weighted by atomic mass is 10.1. The largest absolute Gasteiger partial charge is 0.369 e. The van der Waals surface area contributed by atoms with Crippen molar-refractivity contribution >= 4 is 57.0 Å². The third-order valence-electron chi connectivity index (χ3n) is 4.90. The number of carbonyl (C=O) groups is 1. The van der Waals surface area contributed by atoms with Crippen LogP contribution < -0.4 is 15.5 Å². The number of nitrogens with one attached hydrogen (secondary N) is 2. The molecule has 2 N–H and O–H groups in total. The average molecular weight is 410 g/mol. The van der Waals surface area contributed by atoms with Crippen LogP contribution in [0.25, 0.3) is 10.8 Å². The highest BCUT2D eigenvalue weighted by Crippen LogP contribution is 2.35. The molecule has 3 aromatic rings. The molecule has 4 rings (SSSR count). The maximum absolute atomic E-state index is 12.6. The maximum Gasteiger partial charge on any atom is 0.257 e. The lowest BCUT2D eigenvalue weighted by Crippen LogP contribution is -2.34. The zero-order valence-electron chi connectivity index (χ0n) is 15.2. The van der Waals surface area contributed by atoms with Crippen molar-refractivity contribution in [2.45, 2.75) is 12.8 Å². The first kappa shape index (κ1) is 18.7. The summed E-state index contributed by atoms with van der Waals surface area (Å²) < 4.78 is 0. The highest BCUT2D eigenvalue weighted by atomic mass is 35.5. The lowest BCUT2D eigenvalue weighted by Gasteiger charge is -2.23. The van der Waals surface area contributed by atoms with E-state index in [1.165, 1.54) is 0 Å². The molecule has 3 aromatic carbocycles. The maximum atomic E-state index is 12.6. The van der Waals surface area contributed by atoms with Gasteiger partial charge in [0.15, 0.2) is 5.11 Å². The molecular formula is C22H20ClN3OS. The van der Waals surface area contributed by atoms with Gasteiger partial charge in [-0.3, -0.25) is 10.1 Å². The Morgan fingerprint density at radius 1 is 0.964 bits per heavy atom. The first-order chi connectivity index (χ1) is 13.6. The molecule has 0 unspecified atom stereocenters. The Hall–Kier alpha value is -2.63. The number of amides is 1. The summed E-state index contributed by atoms with van der Waals surface area (Å²) in [6.07, 6.45) is 2.29. The number of thiocarbonyl (C=S) groups is 1. The molecule has 4 nitrogen and oxygen atoms in total. The molecule has 1 aliphatic rings. The predicted molar refractivity (Wildman–Crippen MR) is 121 cm³/mol. The van der Waals surface area contributed by atoms with Gasteiger partial charge in [0.2, 0.25) is 0 Å². The summed E-state index contributed by atoms with van der Waals surface area (Å²) in [7, 11) is 0. The van der Waals surface area contributed by atoms with Crippen LogP contribution >= 0.6 is 23.8 Å². The van der Waals surface area contributed by atoms with E-state index < -0.39 is 0 Å². The second-order valence-electron chi connectivity index (χ2n) is 6.80. The van der Waals surface area contributed by atoms with Gasteiger partial charge in [0.05, 0.1) is 16.4 Å². The van der Waals surface area contributed by atoms with Crippen LogP contribution in [-0.4, -0.2) is 24.1 Å². The van der Waals surface area contributed by atoms with Crippen LogP contribution in [0.5, 0.6) is 0 Å². The van der Waals surface area contributed by atoms with Gasteiger partial charge in [-0.25, -0.2) is 0 Å². The minimum Gasteiger partial charge on any atom is -0.369 e. The van der Waals surface area contributed by atoms with Gasteiger partial charge >= 0.3 is 0 Å². The second-order valence-corrected chi connectivity index (χ2v) is 7.62. The molecule has 0 spiro atoms. The number of fused-ring (bicyclic) bond motifs is 1. The van der Waals surface area contributed by atoms with Crippen molar-refractivity contribution in [3.8, 4) is 0 Å². The summed E-state index contributed by atoms with van der Waals surface area (Å²) in [4.78, 5) is 14.9. The van der Waals surface area contributed by atoms with Gasteiger partial charge < -0.3 is 10.2 Å². The Morgan fingerprint density at radius 3 is 2.50 bits per heavy atom. The summed E-state index contributed by atoms with van der Waals surface area (Å²) >= 11 is 11.8. The van der Waals surface area contributed by atoms with Crippen LogP contribution in [0.1, 0.15) is 23.2 Å². The fourth-order valence-corrected chi connectivity index (χ4v) is 4.03. The zero-order valence-corrected chi connectivity index (χ0v) is 16.8. The van der Waals surface area contributed by atoms with Gasteiger partial charge in [0.25, 0.3) is 5.91 Å². The van der Waals surface area contributed by atoms with Crippen molar-refractivity contribution < 1.29 is 4.79 Å². The van der Waals surface area contributed by atoms with Crippen LogP contribution in [0, 0.1) is 0 Å². The third-order valence-corrected chi connectivity index (χ3v) is 5.41. The zero-order chi connectivity index (χ0) is 19.5. The molecule has 1 fully saturated rings. The van der Waals surface area contributed by atoms with E-state index >= 15 is 0 Å². The summed E-state index contributed by atoms with van der Waals surface area (Å²) in [6.45, 7) is 1.93. The molecule has 1 heterocycles. The number of para-hydroxylation sites is 1. The topological polar surface area (TPSA) is 44.4 Å². The number of carbonyl (C=O) groups excluding carboxylic acids is 1. The van der Waals surface area contributed by atoms with Crippen LogP contribution in [0.15, 0.2) is 60.7 Å². The number of anilines is 2. The molecule has 0 aromatic heterocycles. The smallest absolute Gasteiger partial charge is 0.257 e. The Kier molecular flexibility index (Phi) is 5.46. The van der Waals surface area contributed by atoms with Crippen LogP contribution in [0.4, 0.5) is 11.4 Å². The Morgan fingerprint density at radius 2 is 1.71 bits per heavy atom. The quantitative estimate of drug-likeness (QED) is 0.582. The number of hydrogen-bond acceptors (Lipinski definition) is 3. The highest BCUT2D eigenvalue weighted by Gasteiger charge is 2.19. The van der Waals surface area contributed by atoms with Crippen molar-refractivity contribution in [1.29, 1.82) is 0 Å². The molecule has 1 saturated heterocycles. The van der Waals surface area contributed by atoms with Crippen molar-refractivity contribution in [1.82, 2.24) is 5.32 Å². The van der Waals surface area contributed by atoms with Crippen molar-refractivity contribution in [2.24, 2.45) is 0 Å². The minimum atomic E-state index is -0.243. The van der Waals surface area contributed by atoms with Gasteiger partial charge in [0.1, 0.15) is 0 Å². The lowest BCUT2D eigenvalue weighted by molar-refractivity contribution is 0.0978. The van der Waals surface area contributed by atoms with E-state index in [0.29, 0.717) is 10.6 Å². The monoisotopic (exact) mass is 409 g/mol. The SMILES string of the molecule is O=C(NC(=S)Nc1cccc(Cl)c1N1CCCC1)c1ccc2ccccc2c1. The number of nitrogens with zero attached hydrogens (tertiary/aromatic N) is 1. The van der Waals surface area contributed by atoms with Gasteiger partial charge in [-0.15, -0.1) is 0 Å². The molecule has 0 radical (unpaired) electrons. The standard InChI is InChI=1S/C22H20ClN3OS/c23-18-8-5-9-19(20(18)26-12-3-4-13-26)24-22(28)25-21(27)17-11-10-15-6-1-2-7-16(15)14-17/h1-2,5-11,14H,3-4,12-13H2,(H2,24,25,27,28). The fourth-order valence-electron chi connectivity index (χ4n) is 3.54. The number of hydrogen-bond donors (Lipinski definition) is 2. The van der Waals surface area contributed by atoms with E-state index in [1.54, 1.807) is 6.07 Å². The first-order valence-corrected chi connectivity index (χ1v) is 10.0. The number of halogens is 1. The summed E-state index contributed by atoms with van der Waals surface area (Å²) in [6, 6.07) is 19.2. The van der Waals surface area contributed by atoms with Crippen LogP contribution in [0.2, 0.25) is 5.02 Å². The molecule has 0 aliphatic carbocycles. The highest BCUT2D eigenvalue weighted by molar-refractivity contribution is 7.80. The van der Waals surface area contributed by atoms with Crippen LogP contribution in [0.3, 0.4) is 0 Å². The van der Waals surface area contributed by atoms with Gasteiger partial charge in [0, 0.05) is 18.7 Å². The molecule has 6 heteroatoms. The molecule has 1 amide bonds. The van der Waals surface area contributed by atoms with Crippen LogP contribution in [-0.2, 0) is 0 Å². The van der Waals surface area contributed by atoms with Crippen molar-refractivity contribution in [3.63, 3.8) is 0 Å². The summed E-state index contributed by atoms with van der Waals surface area (Å²) in [5.74, 6) is -0.243. The Labute approximate surface area is 174 Å². The van der Waals surface area contributed by atoms with Crippen molar-refractivity contribution in [2.75, 3.05) is 23.3 Å². The first-order valence-electron chi connectivity index (χ1n) is 9.26. The van der Waals surface area contributed by atoms with E-state index in [2.05, 4.69) is 15.5 Å². The van der Waals surface area contributed by atoms with E-state index in [0.717, 1.165) is 48.1 Å². The molecule has 28 heavy (non-hydrogen) atoms. The number of rotatable bonds is 3.